The number of fused-ring (bicyclic) bond motifs is 2. The zero-order valence-electron chi connectivity index (χ0n) is 22.5. The second-order valence-corrected chi connectivity index (χ2v) is 13.1. The lowest BCUT2D eigenvalue weighted by molar-refractivity contribution is 0.0981. The number of carbonyl (C=O) groups is 1. The van der Waals surface area contributed by atoms with Crippen LogP contribution in [0.25, 0.3) is 5.57 Å². The highest BCUT2D eigenvalue weighted by molar-refractivity contribution is 7.90. The largest absolute Gasteiger partial charge is 0.352 e. The third-order valence-corrected chi connectivity index (χ3v) is 9.31. The molecule has 6 rings (SSSR count). The molecular formula is C30H35N5O3S. The molecule has 9 heteroatoms. The molecule has 0 spiro atoms. The van der Waals surface area contributed by atoms with E-state index in [0.29, 0.717) is 24.1 Å². The van der Waals surface area contributed by atoms with Gasteiger partial charge in [0, 0.05) is 32.8 Å². The van der Waals surface area contributed by atoms with Crippen LogP contribution in [0, 0.1) is 5.92 Å². The Morgan fingerprint density at radius 1 is 1.10 bits per heavy atom. The minimum absolute atomic E-state index is 0. The summed E-state index contributed by atoms with van der Waals surface area (Å²) in [5.41, 5.74) is 5.48. The van der Waals surface area contributed by atoms with Crippen molar-refractivity contribution in [1.82, 2.24) is 14.7 Å². The zero-order valence-corrected chi connectivity index (χ0v) is 23.3. The first-order valence-electron chi connectivity index (χ1n) is 13.4. The Morgan fingerprint density at radius 2 is 1.92 bits per heavy atom. The fourth-order valence-corrected chi connectivity index (χ4v) is 7.35. The fraction of sp³-hybridized carbons (Fsp3) is 0.367. The van der Waals surface area contributed by atoms with E-state index in [4.69, 9.17) is 0 Å². The molecule has 1 aromatic carbocycles. The van der Waals surface area contributed by atoms with Crippen molar-refractivity contribution in [3.05, 3.63) is 83.1 Å². The number of anilines is 2. The molecule has 39 heavy (non-hydrogen) atoms. The van der Waals surface area contributed by atoms with Gasteiger partial charge in [0.15, 0.2) is 5.03 Å². The normalized spacial score (nSPS) is 20.1. The quantitative estimate of drug-likeness (QED) is 0.497. The van der Waals surface area contributed by atoms with Gasteiger partial charge in [-0.15, -0.1) is 0 Å². The van der Waals surface area contributed by atoms with Gasteiger partial charge in [0.25, 0.3) is 15.9 Å². The third-order valence-electron chi connectivity index (χ3n) is 8.08. The van der Waals surface area contributed by atoms with Gasteiger partial charge >= 0.3 is 0 Å². The number of hydrogen-bond acceptors (Lipinski definition) is 7. The van der Waals surface area contributed by atoms with Crippen molar-refractivity contribution in [3.63, 3.8) is 0 Å². The van der Waals surface area contributed by atoms with E-state index in [0.717, 1.165) is 32.4 Å². The number of sulfonamides is 1. The number of pyridine rings is 2. The van der Waals surface area contributed by atoms with Crippen LogP contribution in [0.3, 0.4) is 0 Å². The molecular weight excluding hydrogens is 510 g/mol. The summed E-state index contributed by atoms with van der Waals surface area (Å²) >= 11 is 0. The average Bonchev–Trinajstić information content (AvgIpc) is 3.42. The predicted octanol–water partition coefficient (Wildman–Crippen LogP) is 4.69. The van der Waals surface area contributed by atoms with E-state index in [1.54, 1.807) is 24.4 Å². The van der Waals surface area contributed by atoms with Crippen molar-refractivity contribution in [2.75, 3.05) is 29.4 Å². The van der Waals surface area contributed by atoms with Crippen LogP contribution in [0.2, 0.25) is 0 Å². The second kappa shape index (κ2) is 9.48. The van der Waals surface area contributed by atoms with E-state index in [2.05, 4.69) is 69.5 Å². The van der Waals surface area contributed by atoms with E-state index < -0.39 is 15.9 Å². The van der Waals surface area contributed by atoms with Crippen LogP contribution in [-0.2, 0) is 16.4 Å². The molecule has 4 heterocycles. The minimum Gasteiger partial charge on any atom is -0.352 e. The van der Waals surface area contributed by atoms with Crippen LogP contribution in [-0.4, -0.2) is 49.5 Å². The number of aromatic nitrogens is 2. The predicted molar refractivity (Wildman–Crippen MR) is 154 cm³/mol. The summed E-state index contributed by atoms with van der Waals surface area (Å²) in [6.07, 6.45) is 4.39. The summed E-state index contributed by atoms with van der Waals surface area (Å²) in [4.78, 5) is 26.5. The summed E-state index contributed by atoms with van der Waals surface area (Å²) < 4.78 is 28.9. The molecule has 0 bridgehead atoms. The first kappa shape index (κ1) is 25.6. The number of nitrogens with zero attached hydrogens (tertiary/aromatic N) is 4. The summed E-state index contributed by atoms with van der Waals surface area (Å²) in [5.74, 6) is 0.810. The van der Waals surface area contributed by atoms with Gasteiger partial charge in [0.1, 0.15) is 11.6 Å². The van der Waals surface area contributed by atoms with Crippen LogP contribution in [0.15, 0.2) is 71.4 Å². The standard InChI is InChI=1S/C30H33N5O3S.H2/c1-20-17-30(2,3)35(18-20)28-25(10-7-14-31-28)29(36)33-39(37,38)27-12-6-11-26(32-27)34-15-13-24-22(19-34)16-21-8-4-5-9-23(21)24;/h4-12,14,20H,13,15-19H2,1-3H3,(H,33,36);1H. The highest BCUT2D eigenvalue weighted by atomic mass is 32.2. The van der Waals surface area contributed by atoms with E-state index >= 15 is 0 Å². The summed E-state index contributed by atoms with van der Waals surface area (Å²) in [6, 6.07) is 16.7. The maximum atomic E-state index is 13.3. The van der Waals surface area contributed by atoms with Gasteiger partial charge in [0.05, 0.1) is 5.56 Å². The van der Waals surface area contributed by atoms with E-state index in [1.165, 1.54) is 28.3 Å². The summed E-state index contributed by atoms with van der Waals surface area (Å²) in [7, 11) is -4.21. The van der Waals surface area contributed by atoms with Gasteiger partial charge in [-0.3, -0.25) is 4.79 Å². The van der Waals surface area contributed by atoms with E-state index in [-0.39, 0.29) is 17.6 Å². The lowest BCUT2D eigenvalue weighted by Crippen LogP contribution is -2.41. The molecule has 2 aromatic heterocycles. The van der Waals surface area contributed by atoms with Crippen LogP contribution in [0.1, 0.15) is 56.5 Å². The topological polar surface area (TPSA) is 95.5 Å². The Labute approximate surface area is 231 Å². The number of hydrogen-bond donors (Lipinski definition) is 1. The molecule has 0 saturated carbocycles. The summed E-state index contributed by atoms with van der Waals surface area (Å²) in [5, 5.41) is -0.177. The second-order valence-electron chi connectivity index (χ2n) is 11.5. The minimum atomic E-state index is -4.21. The molecule has 1 atom stereocenters. The van der Waals surface area contributed by atoms with Crippen LogP contribution in [0.5, 0.6) is 0 Å². The van der Waals surface area contributed by atoms with Gasteiger partial charge in [-0.25, -0.2) is 14.7 Å². The van der Waals surface area contributed by atoms with Crippen molar-refractivity contribution < 1.29 is 14.6 Å². The number of carbonyl (C=O) groups excluding carboxylic acids is 1. The Hall–Kier alpha value is -3.72. The lowest BCUT2D eigenvalue weighted by Gasteiger charge is -2.33. The molecule has 2 aliphatic heterocycles. The zero-order chi connectivity index (χ0) is 27.4. The van der Waals surface area contributed by atoms with Crippen LogP contribution >= 0.6 is 0 Å². The van der Waals surface area contributed by atoms with E-state index in [9.17, 15) is 13.2 Å². The highest BCUT2D eigenvalue weighted by Crippen LogP contribution is 2.39. The maximum Gasteiger partial charge on any atom is 0.281 e. The summed E-state index contributed by atoms with van der Waals surface area (Å²) in [6.45, 7) is 8.60. The molecule has 1 N–H and O–H groups in total. The third kappa shape index (κ3) is 4.69. The van der Waals surface area contributed by atoms with Gasteiger partial charge in [0.2, 0.25) is 0 Å². The molecule has 1 fully saturated rings. The Balaban J connectivity index is 0.00000323. The van der Waals surface area contributed by atoms with Gasteiger partial charge in [-0.1, -0.05) is 37.3 Å². The van der Waals surface area contributed by atoms with Crippen molar-refractivity contribution >= 4 is 33.1 Å². The number of benzene rings is 1. The maximum absolute atomic E-state index is 13.3. The van der Waals surface area contributed by atoms with Crippen molar-refractivity contribution in [1.29, 1.82) is 0 Å². The monoisotopic (exact) mass is 545 g/mol. The molecule has 1 aliphatic carbocycles. The molecule has 8 nitrogen and oxygen atoms in total. The Morgan fingerprint density at radius 3 is 2.72 bits per heavy atom. The highest BCUT2D eigenvalue weighted by Gasteiger charge is 2.39. The van der Waals surface area contributed by atoms with Crippen molar-refractivity contribution in [2.24, 2.45) is 5.92 Å². The first-order chi connectivity index (χ1) is 18.6. The molecule has 3 aromatic rings. The number of rotatable bonds is 5. The molecule has 0 radical (unpaired) electrons. The van der Waals surface area contributed by atoms with Crippen molar-refractivity contribution in [2.45, 2.75) is 50.6 Å². The Kier molecular flexibility index (Phi) is 6.21. The fourth-order valence-electron chi connectivity index (χ4n) is 6.42. The molecule has 3 aliphatic rings. The molecule has 1 unspecified atom stereocenters. The first-order valence-corrected chi connectivity index (χ1v) is 14.9. The van der Waals surface area contributed by atoms with E-state index in [1.807, 2.05) is 6.07 Å². The average molecular weight is 546 g/mol. The lowest BCUT2D eigenvalue weighted by atomic mass is 9.97. The SMILES string of the molecule is CC1CN(c2ncccc2C(=O)NS(=O)(=O)c2cccc(N3CCC4=C(Cc5ccccc54)C3)n2)C(C)(C)C1.[HH]. The smallest absolute Gasteiger partial charge is 0.281 e. The van der Waals surface area contributed by atoms with Crippen molar-refractivity contribution in [3.8, 4) is 0 Å². The van der Waals surface area contributed by atoms with Crippen LogP contribution < -0.4 is 14.5 Å². The molecule has 1 saturated heterocycles. The number of nitrogens with one attached hydrogen (secondary N) is 1. The molecule has 204 valence electrons. The van der Waals surface area contributed by atoms with Crippen LogP contribution in [0.4, 0.5) is 11.6 Å². The Bertz CT molecular complexity index is 1600. The molecule has 1 amide bonds. The van der Waals surface area contributed by atoms with Gasteiger partial charge in [-0.05, 0) is 85.6 Å². The van der Waals surface area contributed by atoms with Gasteiger partial charge < -0.3 is 9.80 Å². The number of amides is 1. The van der Waals surface area contributed by atoms with Gasteiger partial charge in [-0.2, -0.15) is 8.42 Å².